The number of benzene rings is 1. The van der Waals surface area contributed by atoms with Crippen molar-refractivity contribution in [2.24, 2.45) is 0 Å². The largest absolute Gasteiger partial charge is 0.383 e. The standard InChI is InChI=1S/C15H20BrN3O/c1-10-7-11(2)14(13(16)8-10)18-15-17-12(3)9-19(15)5-6-20-4/h7-9H,5-6H2,1-4H3,(H,17,18). The van der Waals surface area contributed by atoms with Gasteiger partial charge in [-0.2, -0.15) is 0 Å². The van der Waals surface area contributed by atoms with Crippen LogP contribution in [0.5, 0.6) is 0 Å². The molecule has 1 heterocycles. The summed E-state index contributed by atoms with van der Waals surface area (Å²) in [5, 5.41) is 3.42. The van der Waals surface area contributed by atoms with Gasteiger partial charge in [-0.3, -0.25) is 0 Å². The molecule has 0 aliphatic rings. The summed E-state index contributed by atoms with van der Waals surface area (Å²) in [5.41, 5.74) is 4.47. The van der Waals surface area contributed by atoms with Gasteiger partial charge in [0.15, 0.2) is 0 Å². The maximum atomic E-state index is 5.14. The van der Waals surface area contributed by atoms with Crippen molar-refractivity contribution in [3.05, 3.63) is 39.6 Å². The highest BCUT2D eigenvalue weighted by Crippen LogP contribution is 2.30. The first kappa shape index (κ1) is 15.1. The van der Waals surface area contributed by atoms with Gasteiger partial charge in [0.05, 0.1) is 18.0 Å². The Morgan fingerprint density at radius 2 is 2.05 bits per heavy atom. The molecule has 5 heteroatoms. The van der Waals surface area contributed by atoms with Crippen molar-refractivity contribution >= 4 is 27.6 Å². The summed E-state index contributed by atoms with van der Waals surface area (Å²) in [6, 6.07) is 4.26. The summed E-state index contributed by atoms with van der Waals surface area (Å²) in [5.74, 6) is 0.840. The van der Waals surface area contributed by atoms with Crippen molar-refractivity contribution in [2.45, 2.75) is 27.3 Å². The highest BCUT2D eigenvalue weighted by atomic mass is 79.9. The van der Waals surface area contributed by atoms with E-state index in [2.05, 4.69) is 56.8 Å². The second-order valence-electron chi connectivity index (χ2n) is 4.96. The van der Waals surface area contributed by atoms with Crippen molar-refractivity contribution in [1.29, 1.82) is 0 Å². The van der Waals surface area contributed by atoms with Gasteiger partial charge in [0.1, 0.15) is 0 Å². The third-order valence-electron chi connectivity index (χ3n) is 3.10. The van der Waals surface area contributed by atoms with E-state index in [0.717, 1.165) is 28.3 Å². The van der Waals surface area contributed by atoms with E-state index in [4.69, 9.17) is 4.74 Å². The molecule has 0 saturated heterocycles. The van der Waals surface area contributed by atoms with Gasteiger partial charge < -0.3 is 14.6 Å². The van der Waals surface area contributed by atoms with E-state index in [0.29, 0.717) is 6.61 Å². The lowest BCUT2D eigenvalue weighted by Gasteiger charge is -2.14. The van der Waals surface area contributed by atoms with Gasteiger partial charge in [-0.25, -0.2) is 4.98 Å². The zero-order chi connectivity index (χ0) is 14.7. The summed E-state index contributed by atoms with van der Waals surface area (Å²) in [6.07, 6.45) is 2.03. The Morgan fingerprint density at radius 1 is 1.30 bits per heavy atom. The van der Waals surface area contributed by atoms with Gasteiger partial charge in [0.25, 0.3) is 0 Å². The zero-order valence-electron chi connectivity index (χ0n) is 12.3. The fourth-order valence-corrected chi connectivity index (χ4v) is 2.97. The molecule has 0 radical (unpaired) electrons. The minimum Gasteiger partial charge on any atom is -0.383 e. The third kappa shape index (κ3) is 3.41. The number of nitrogens with one attached hydrogen (secondary N) is 1. The Kier molecular flexibility index (Phi) is 4.83. The van der Waals surface area contributed by atoms with E-state index < -0.39 is 0 Å². The van der Waals surface area contributed by atoms with Crippen LogP contribution in [0.1, 0.15) is 16.8 Å². The Labute approximate surface area is 128 Å². The van der Waals surface area contributed by atoms with Crippen LogP contribution in [0, 0.1) is 20.8 Å². The van der Waals surface area contributed by atoms with E-state index in [1.54, 1.807) is 7.11 Å². The highest BCUT2D eigenvalue weighted by molar-refractivity contribution is 9.10. The normalized spacial score (nSPS) is 10.8. The number of anilines is 2. The molecule has 0 aliphatic heterocycles. The molecule has 0 spiro atoms. The van der Waals surface area contributed by atoms with E-state index in [-0.39, 0.29) is 0 Å². The Morgan fingerprint density at radius 3 is 2.70 bits per heavy atom. The Balaban J connectivity index is 2.30. The first-order chi connectivity index (χ1) is 9.51. The average Bonchev–Trinajstić information content (AvgIpc) is 2.71. The van der Waals surface area contributed by atoms with Gasteiger partial charge >= 0.3 is 0 Å². The number of methoxy groups -OCH3 is 1. The molecular weight excluding hydrogens is 318 g/mol. The van der Waals surface area contributed by atoms with Gasteiger partial charge in [-0.1, -0.05) is 6.07 Å². The molecule has 0 unspecified atom stereocenters. The molecule has 2 rings (SSSR count). The fourth-order valence-electron chi connectivity index (χ4n) is 2.19. The summed E-state index contributed by atoms with van der Waals surface area (Å²) in [7, 11) is 1.71. The number of hydrogen-bond acceptors (Lipinski definition) is 3. The molecule has 1 aromatic heterocycles. The zero-order valence-corrected chi connectivity index (χ0v) is 13.9. The number of ether oxygens (including phenoxy) is 1. The quantitative estimate of drug-likeness (QED) is 0.897. The van der Waals surface area contributed by atoms with Crippen LogP contribution in [0.4, 0.5) is 11.6 Å². The van der Waals surface area contributed by atoms with E-state index in [1.165, 1.54) is 11.1 Å². The van der Waals surface area contributed by atoms with Crippen LogP contribution in [-0.4, -0.2) is 23.3 Å². The topological polar surface area (TPSA) is 39.1 Å². The lowest BCUT2D eigenvalue weighted by Crippen LogP contribution is -2.08. The maximum Gasteiger partial charge on any atom is 0.207 e. The van der Waals surface area contributed by atoms with Crippen molar-refractivity contribution in [3.63, 3.8) is 0 Å². The number of halogens is 1. The number of aryl methyl sites for hydroxylation is 3. The van der Waals surface area contributed by atoms with Crippen molar-refractivity contribution in [2.75, 3.05) is 19.0 Å². The molecule has 4 nitrogen and oxygen atoms in total. The van der Waals surface area contributed by atoms with Crippen LogP contribution in [0.25, 0.3) is 0 Å². The molecule has 0 atom stereocenters. The molecule has 1 N–H and O–H groups in total. The van der Waals surface area contributed by atoms with E-state index in [9.17, 15) is 0 Å². The summed E-state index contributed by atoms with van der Waals surface area (Å²) in [4.78, 5) is 4.54. The van der Waals surface area contributed by atoms with Gasteiger partial charge in [-0.15, -0.1) is 0 Å². The number of hydrogen-bond donors (Lipinski definition) is 1. The molecule has 0 aliphatic carbocycles. The van der Waals surface area contributed by atoms with Crippen LogP contribution in [0.2, 0.25) is 0 Å². The lowest BCUT2D eigenvalue weighted by molar-refractivity contribution is 0.188. The van der Waals surface area contributed by atoms with Crippen LogP contribution in [-0.2, 0) is 11.3 Å². The molecule has 20 heavy (non-hydrogen) atoms. The predicted molar refractivity (Wildman–Crippen MR) is 85.7 cm³/mol. The number of imidazole rings is 1. The van der Waals surface area contributed by atoms with Crippen molar-refractivity contribution in [3.8, 4) is 0 Å². The highest BCUT2D eigenvalue weighted by Gasteiger charge is 2.10. The second-order valence-corrected chi connectivity index (χ2v) is 5.81. The molecule has 2 aromatic rings. The predicted octanol–water partition coefficient (Wildman–Crippen LogP) is 3.96. The summed E-state index contributed by atoms with van der Waals surface area (Å²) >= 11 is 3.62. The van der Waals surface area contributed by atoms with Gasteiger partial charge in [0.2, 0.25) is 5.95 Å². The first-order valence-corrected chi connectivity index (χ1v) is 7.37. The van der Waals surface area contributed by atoms with E-state index >= 15 is 0 Å². The molecule has 108 valence electrons. The SMILES string of the molecule is COCCn1cc(C)nc1Nc1c(C)cc(C)cc1Br. The maximum absolute atomic E-state index is 5.14. The number of rotatable bonds is 5. The number of nitrogens with zero attached hydrogens (tertiary/aromatic N) is 2. The van der Waals surface area contributed by atoms with Crippen LogP contribution in [0.15, 0.2) is 22.8 Å². The molecule has 1 aromatic carbocycles. The van der Waals surface area contributed by atoms with Crippen LogP contribution >= 0.6 is 15.9 Å². The fraction of sp³-hybridized carbons (Fsp3) is 0.400. The van der Waals surface area contributed by atoms with Crippen LogP contribution in [0.3, 0.4) is 0 Å². The first-order valence-electron chi connectivity index (χ1n) is 6.57. The Bertz CT molecular complexity index is 584. The third-order valence-corrected chi connectivity index (χ3v) is 3.73. The summed E-state index contributed by atoms with van der Waals surface area (Å²) in [6.45, 7) is 7.62. The Hall–Kier alpha value is -1.33. The van der Waals surface area contributed by atoms with Crippen molar-refractivity contribution in [1.82, 2.24) is 9.55 Å². The number of aromatic nitrogens is 2. The molecule has 0 saturated carbocycles. The molecular formula is C15H20BrN3O. The van der Waals surface area contributed by atoms with Gasteiger partial charge in [0, 0.05) is 24.3 Å². The second kappa shape index (κ2) is 6.41. The molecule has 0 fully saturated rings. The molecule has 0 bridgehead atoms. The van der Waals surface area contributed by atoms with Gasteiger partial charge in [-0.05, 0) is 53.9 Å². The summed E-state index contributed by atoms with van der Waals surface area (Å²) < 4.78 is 8.26. The van der Waals surface area contributed by atoms with Crippen molar-refractivity contribution < 1.29 is 4.74 Å². The van der Waals surface area contributed by atoms with E-state index in [1.807, 2.05) is 13.1 Å². The minimum atomic E-state index is 0.665. The smallest absolute Gasteiger partial charge is 0.207 e. The molecule has 0 amide bonds. The minimum absolute atomic E-state index is 0.665. The van der Waals surface area contributed by atoms with Crippen LogP contribution < -0.4 is 5.32 Å². The monoisotopic (exact) mass is 337 g/mol. The lowest BCUT2D eigenvalue weighted by atomic mass is 10.1. The average molecular weight is 338 g/mol.